The van der Waals surface area contributed by atoms with Gasteiger partial charge in [-0.3, -0.25) is 4.79 Å². The fourth-order valence-corrected chi connectivity index (χ4v) is 2.36. The van der Waals surface area contributed by atoms with Crippen LogP contribution in [0.1, 0.15) is 6.42 Å². The second-order valence-corrected chi connectivity index (χ2v) is 5.08. The highest BCUT2D eigenvalue weighted by molar-refractivity contribution is 9.10. The van der Waals surface area contributed by atoms with Crippen molar-refractivity contribution in [2.75, 3.05) is 18.6 Å². The Bertz CT molecular complexity index is 424. The first-order valence-electron chi connectivity index (χ1n) is 4.92. The molecule has 5 heteroatoms. The van der Waals surface area contributed by atoms with Crippen molar-refractivity contribution in [3.05, 3.63) is 23.2 Å². The lowest BCUT2D eigenvalue weighted by atomic mass is 10.3. The highest BCUT2D eigenvalue weighted by Gasteiger charge is 2.30. The van der Waals surface area contributed by atoms with Gasteiger partial charge in [0.1, 0.15) is 5.75 Å². The molecule has 0 aliphatic carbocycles. The van der Waals surface area contributed by atoms with Crippen molar-refractivity contribution in [1.82, 2.24) is 0 Å². The standard InChI is InChI=1S/C11H11BrClNO2/c1-16-10-6-7(2-3-9(10)13)14-5-4-8(12)11(14)15/h2-3,6,8H,4-5H2,1H3. The van der Waals surface area contributed by atoms with Crippen LogP contribution in [0, 0.1) is 0 Å². The van der Waals surface area contributed by atoms with Crippen LogP contribution < -0.4 is 9.64 Å². The molecule has 0 radical (unpaired) electrons. The number of hydrogen-bond donors (Lipinski definition) is 0. The number of halogens is 2. The zero-order valence-corrected chi connectivity index (χ0v) is 11.1. The van der Waals surface area contributed by atoms with Gasteiger partial charge in [-0.15, -0.1) is 0 Å². The van der Waals surface area contributed by atoms with Crippen LogP contribution in [0.5, 0.6) is 5.75 Å². The molecule has 0 spiro atoms. The highest BCUT2D eigenvalue weighted by atomic mass is 79.9. The van der Waals surface area contributed by atoms with Gasteiger partial charge in [-0.05, 0) is 18.6 Å². The molecule has 86 valence electrons. The first-order chi connectivity index (χ1) is 7.63. The number of alkyl halides is 1. The van der Waals surface area contributed by atoms with Gasteiger partial charge >= 0.3 is 0 Å². The van der Waals surface area contributed by atoms with E-state index < -0.39 is 0 Å². The van der Waals surface area contributed by atoms with E-state index in [-0.39, 0.29) is 10.7 Å². The maximum atomic E-state index is 11.8. The average Bonchev–Trinajstić information content (AvgIpc) is 2.61. The van der Waals surface area contributed by atoms with Crippen LogP contribution >= 0.6 is 27.5 Å². The average molecular weight is 305 g/mol. The van der Waals surface area contributed by atoms with Gasteiger partial charge in [0.2, 0.25) is 5.91 Å². The smallest absolute Gasteiger partial charge is 0.240 e. The van der Waals surface area contributed by atoms with E-state index in [2.05, 4.69) is 15.9 Å². The number of nitrogens with zero attached hydrogens (tertiary/aromatic N) is 1. The van der Waals surface area contributed by atoms with Crippen molar-refractivity contribution in [3.8, 4) is 5.75 Å². The summed E-state index contributed by atoms with van der Waals surface area (Å²) in [6.45, 7) is 0.722. The van der Waals surface area contributed by atoms with Gasteiger partial charge < -0.3 is 9.64 Å². The molecule has 1 amide bonds. The van der Waals surface area contributed by atoms with Crippen molar-refractivity contribution < 1.29 is 9.53 Å². The Morgan fingerprint density at radius 1 is 1.56 bits per heavy atom. The molecule has 2 rings (SSSR count). The summed E-state index contributed by atoms with van der Waals surface area (Å²) in [6.07, 6.45) is 0.823. The number of amides is 1. The Balaban J connectivity index is 2.31. The third kappa shape index (κ3) is 2.04. The molecular formula is C11H11BrClNO2. The number of methoxy groups -OCH3 is 1. The van der Waals surface area contributed by atoms with Gasteiger partial charge in [0, 0.05) is 18.3 Å². The summed E-state index contributed by atoms with van der Waals surface area (Å²) in [5.74, 6) is 0.675. The van der Waals surface area contributed by atoms with E-state index in [0.717, 1.165) is 18.7 Å². The molecular weight excluding hydrogens is 293 g/mol. The van der Waals surface area contributed by atoms with Crippen LogP contribution in [0.2, 0.25) is 5.02 Å². The molecule has 16 heavy (non-hydrogen) atoms. The highest BCUT2D eigenvalue weighted by Crippen LogP contribution is 2.32. The first kappa shape index (κ1) is 11.7. The third-order valence-electron chi connectivity index (χ3n) is 2.59. The molecule has 1 unspecified atom stereocenters. The predicted octanol–water partition coefficient (Wildman–Crippen LogP) is 2.85. The second-order valence-electron chi connectivity index (χ2n) is 3.56. The van der Waals surface area contributed by atoms with Crippen LogP contribution in [0.4, 0.5) is 5.69 Å². The Labute approximate surface area is 107 Å². The number of hydrogen-bond acceptors (Lipinski definition) is 2. The second kappa shape index (κ2) is 4.63. The number of anilines is 1. The molecule has 1 aliphatic rings. The molecule has 3 nitrogen and oxygen atoms in total. The minimum absolute atomic E-state index is 0.0748. The minimum Gasteiger partial charge on any atom is -0.495 e. The summed E-state index contributed by atoms with van der Waals surface area (Å²) in [7, 11) is 1.56. The molecule has 0 aromatic heterocycles. The van der Waals surface area contributed by atoms with Gasteiger partial charge in [0.05, 0.1) is 17.0 Å². The first-order valence-corrected chi connectivity index (χ1v) is 6.22. The van der Waals surface area contributed by atoms with Crippen molar-refractivity contribution in [1.29, 1.82) is 0 Å². The topological polar surface area (TPSA) is 29.5 Å². The van der Waals surface area contributed by atoms with E-state index in [1.807, 2.05) is 6.07 Å². The van der Waals surface area contributed by atoms with Crippen molar-refractivity contribution in [2.24, 2.45) is 0 Å². The molecule has 0 bridgehead atoms. The number of rotatable bonds is 2. The quantitative estimate of drug-likeness (QED) is 0.786. The Hall–Kier alpha value is -0.740. The van der Waals surface area contributed by atoms with E-state index in [9.17, 15) is 4.79 Å². The van der Waals surface area contributed by atoms with Gasteiger partial charge in [0.15, 0.2) is 0 Å². The summed E-state index contributed by atoms with van der Waals surface area (Å²) < 4.78 is 5.13. The molecule has 1 saturated heterocycles. The lowest BCUT2D eigenvalue weighted by Crippen LogP contribution is -2.26. The summed E-state index contributed by atoms with van der Waals surface area (Å²) in [4.78, 5) is 13.5. The van der Waals surface area contributed by atoms with Gasteiger partial charge in [-0.25, -0.2) is 0 Å². The van der Waals surface area contributed by atoms with Crippen LogP contribution in [-0.4, -0.2) is 24.4 Å². The van der Waals surface area contributed by atoms with E-state index in [1.54, 1.807) is 24.1 Å². The lowest BCUT2D eigenvalue weighted by molar-refractivity contribution is -0.116. The maximum absolute atomic E-state index is 11.8. The molecule has 1 fully saturated rings. The molecule has 1 aliphatic heterocycles. The zero-order valence-electron chi connectivity index (χ0n) is 8.74. The zero-order chi connectivity index (χ0) is 11.7. The van der Waals surface area contributed by atoms with Crippen LogP contribution in [0.15, 0.2) is 18.2 Å². The summed E-state index contributed by atoms with van der Waals surface area (Å²) in [6, 6.07) is 5.35. The fourth-order valence-electron chi connectivity index (χ4n) is 1.72. The van der Waals surface area contributed by atoms with Crippen LogP contribution in [0.25, 0.3) is 0 Å². The number of carbonyl (C=O) groups is 1. The number of ether oxygens (including phenoxy) is 1. The minimum atomic E-state index is -0.0748. The van der Waals surface area contributed by atoms with Crippen LogP contribution in [-0.2, 0) is 4.79 Å². The number of carbonyl (C=O) groups excluding carboxylic acids is 1. The van der Waals surface area contributed by atoms with Gasteiger partial charge in [0.25, 0.3) is 0 Å². The number of benzene rings is 1. The van der Waals surface area contributed by atoms with E-state index in [1.165, 1.54) is 0 Å². The maximum Gasteiger partial charge on any atom is 0.240 e. The van der Waals surface area contributed by atoms with Gasteiger partial charge in [-0.1, -0.05) is 27.5 Å². The molecule has 1 atom stereocenters. The molecule has 1 heterocycles. The van der Waals surface area contributed by atoms with Crippen molar-refractivity contribution >= 4 is 39.1 Å². The van der Waals surface area contributed by atoms with E-state index >= 15 is 0 Å². The molecule has 0 N–H and O–H groups in total. The third-order valence-corrected chi connectivity index (χ3v) is 3.75. The Kier molecular flexibility index (Phi) is 3.40. The Morgan fingerprint density at radius 3 is 2.88 bits per heavy atom. The molecule has 0 saturated carbocycles. The largest absolute Gasteiger partial charge is 0.495 e. The fraction of sp³-hybridized carbons (Fsp3) is 0.364. The van der Waals surface area contributed by atoms with E-state index in [0.29, 0.717) is 10.8 Å². The SMILES string of the molecule is COc1cc(N2CCC(Br)C2=O)ccc1Cl. The van der Waals surface area contributed by atoms with Crippen molar-refractivity contribution in [3.63, 3.8) is 0 Å². The summed E-state index contributed by atoms with van der Waals surface area (Å²) >= 11 is 9.27. The van der Waals surface area contributed by atoms with E-state index in [4.69, 9.17) is 16.3 Å². The Morgan fingerprint density at radius 2 is 2.31 bits per heavy atom. The molecule has 1 aromatic carbocycles. The molecule has 1 aromatic rings. The predicted molar refractivity (Wildman–Crippen MR) is 67.7 cm³/mol. The van der Waals surface area contributed by atoms with Crippen LogP contribution in [0.3, 0.4) is 0 Å². The summed E-state index contributed by atoms with van der Waals surface area (Å²) in [5.41, 5.74) is 0.827. The monoisotopic (exact) mass is 303 g/mol. The van der Waals surface area contributed by atoms with Crippen molar-refractivity contribution in [2.45, 2.75) is 11.2 Å². The normalized spacial score (nSPS) is 20.3. The summed E-state index contributed by atoms with van der Waals surface area (Å²) in [5, 5.41) is 0.549. The lowest BCUT2D eigenvalue weighted by Gasteiger charge is -2.17. The van der Waals surface area contributed by atoms with Gasteiger partial charge in [-0.2, -0.15) is 0 Å².